The Balaban J connectivity index is 2.17. The molecule has 0 radical (unpaired) electrons. The molecule has 0 heterocycles. The van der Waals surface area contributed by atoms with Crippen molar-refractivity contribution in [3.8, 4) is 0 Å². The highest BCUT2D eigenvalue weighted by molar-refractivity contribution is 7.87. The van der Waals surface area contributed by atoms with Crippen molar-refractivity contribution in [2.75, 3.05) is 14.2 Å². The molecule has 6 N–H and O–H groups in total. The van der Waals surface area contributed by atoms with E-state index in [1.807, 2.05) is 14.2 Å². The standard InChI is InChI=1S/C18H18N3O9PS3/c22-32(23,24)19-13-4-1-7-16(10-13)31(17-8-2-5-14(11-17)20-33(25,26)27)18-9-3-6-15(12-18)21-34(28,29)30/h1-12,19-21H,(H,22,23,24)(H,25,26,27)(H,28,29,30). The lowest BCUT2D eigenvalue weighted by Gasteiger charge is -2.21. The van der Waals surface area contributed by atoms with E-state index in [0.717, 1.165) is 0 Å². The van der Waals surface area contributed by atoms with Crippen LogP contribution in [-0.4, -0.2) is 38.9 Å². The first-order valence-corrected chi connectivity index (χ1v) is 14.7. The zero-order chi connectivity index (χ0) is 25.1. The minimum atomic E-state index is -4.55. The third-order valence-electron chi connectivity index (χ3n) is 4.05. The van der Waals surface area contributed by atoms with Gasteiger partial charge in [0.2, 0.25) is 0 Å². The Morgan fingerprint density at radius 3 is 1.00 bits per heavy atom. The van der Waals surface area contributed by atoms with Gasteiger partial charge in [0.25, 0.3) is 0 Å². The Hall–Kier alpha value is -2.78. The van der Waals surface area contributed by atoms with Gasteiger partial charge in [-0.05, 0) is 60.2 Å². The second kappa shape index (κ2) is 9.84. The molecule has 0 spiro atoms. The Kier molecular flexibility index (Phi) is 7.47. The molecule has 0 aliphatic carbocycles. The van der Waals surface area contributed by atoms with Crippen molar-refractivity contribution in [3.05, 3.63) is 72.8 Å². The van der Waals surface area contributed by atoms with Crippen molar-refractivity contribution in [2.45, 2.75) is 0 Å². The van der Waals surface area contributed by atoms with Crippen LogP contribution in [0.4, 0.5) is 17.1 Å². The maximum Gasteiger partial charge on any atom is 0.357 e. The van der Waals surface area contributed by atoms with E-state index in [2.05, 4.69) is 0 Å². The molecule has 0 saturated carbocycles. The average Bonchev–Trinajstić information content (AvgIpc) is 2.65. The molecule has 0 bridgehead atoms. The van der Waals surface area contributed by atoms with Crippen molar-refractivity contribution < 1.29 is 38.9 Å². The van der Waals surface area contributed by atoms with Gasteiger partial charge in [-0.1, -0.05) is 36.4 Å². The average molecular weight is 548 g/mol. The lowest BCUT2D eigenvalue weighted by atomic mass is 10.3. The van der Waals surface area contributed by atoms with Crippen LogP contribution in [0.15, 0.2) is 72.8 Å². The maximum atomic E-state index is 11.2. The highest BCUT2D eigenvalue weighted by Crippen LogP contribution is 2.35. The molecule has 0 unspecified atom stereocenters. The minimum absolute atomic E-state index is 0.0481. The fourth-order valence-corrected chi connectivity index (χ4v) is 6.70. The number of benzene rings is 3. The van der Waals surface area contributed by atoms with Gasteiger partial charge in [0.15, 0.2) is 0 Å². The van der Waals surface area contributed by atoms with Crippen molar-refractivity contribution in [1.29, 1.82) is 0 Å². The first-order valence-electron chi connectivity index (χ1n) is 9.05. The van der Waals surface area contributed by atoms with Gasteiger partial charge >= 0.3 is 30.9 Å². The summed E-state index contributed by atoms with van der Waals surface area (Å²) in [5.41, 5.74) is 0.144. The lowest BCUT2D eigenvalue weighted by molar-refractivity contribution is 0.487. The van der Waals surface area contributed by atoms with Crippen LogP contribution in [-0.2, 0) is 30.9 Å². The van der Waals surface area contributed by atoms with E-state index in [1.165, 1.54) is 54.6 Å². The van der Waals surface area contributed by atoms with Gasteiger partial charge in [0.1, 0.15) is 0 Å². The van der Waals surface area contributed by atoms with E-state index in [0.29, 0.717) is 15.9 Å². The molecule has 0 aliphatic rings. The molecule has 0 fully saturated rings. The van der Waals surface area contributed by atoms with Crippen LogP contribution in [0.1, 0.15) is 0 Å². The molecule has 0 aromatic heterocycles. The zero-order valence-electron chi connectivity index (χ0n) is 16.9. The van der Waals surface area contributed by atoms with Gasteiger partial charge in [0, 0.05) is 0 Å². The fourth-order valence-electron chi connectivity index (χ4n) is 3.02. The first kappa shape index (κ1) is 25.8. The summed E-state index contributed by atoms with van der Waals surface area (Å²) in [5, 5.41) is 1.62. The molecule has 34 heavy (non-hydrogen) atoms. The van der Waals surface area contributed by atoms with E-state index >= 15 is 0 Å². The lowest BCUT2D eigenvalue weighted by Crippen LogP contribution is -2.23. The summed E-state index contributed by atoms with van der Waals surface area (Å²) < 4.78 is 101. The van der Waals surface area contributed by atoms with Crippen LogP contribution in [0.3, 0.4) is 0 Å². The van der Waals surface area contributed by atoms with E-state index in [-0.39, 0.29) is 17.1 Å². The first-order chi connectivity index (χ1) is 15.7. The Labute approximate surface area is 197 Å². The number of hydrogen-bond acceptors (Lipinski definition) is 6. The second-order valence-electron chi connectivity index (χ2n) is 6.72. The molecule has 3 rings (SSSR count). The molecule has 0 amide bonds. The Bertz CT molecular complexity index is 1340. The van der Waals surface area contributed by atoms with E-state index in [4.69, 9.17) is 13.7 Å². The predicted molar refractivity (Wildman–Crippen MR) is 131 cm³/mol. The third-order valence-corrected chi connectivity index (χ3v) is 7.92. The molecule has 3 aromatic rings. The molecular weight excluding hydrogens is 529 g/mol. The largest absolute Gasteiger partial charge is 0.357 e. The van der Waals surface area contributed by atoms with E-state index < -0.39 is 38.8 Å². The van der Waals surface area contributed by atoms with Crippen molar-refractivity contribution in [2.24, 2.45) is 0 Å². The molecule has 0 aliphatic heterocycles. The van der Waals surface area contributed by atoms with Crippen LogP contribution < -0.4 is 30.1 Å². The molecule has 3 aromatic carbocycles. The summed E-state index contributed by atoms with van der Waals surface area (Å²) in [6.07, 6.45) is 0. The van der Waals surface area contributed by atoms with E-state index in [9.17, 15) is 25.3 Å². The smallest absolute Gasteiger partial charge is 0.269 e. The minimum Gasteiger partial charge on any atom is -0.269 e. The molecule has 12 nitrogen and oxygen atoms in total. The zero-order valence-corrected chi connectivity index (χ0v) is 20.2. The fraction of sp³-hybridized carbons (Fsp3) is 0. The number of anilines is 3. The van der Waals surface area contributed by atoms with Crippen molar-refractivity contribution in [3.63, 3.8) is 0 Å². The molecule has 182 valence electrons. The van der Waals surface area contributed by atoms with Gasteiger partial charge in [-0.15, -0.1) is 0 Å². The highest BCUT2D eigenvalue weighted by atomic mass is 32.2. The maximum absolute atomic E-state index is 11.2. The van der Waals surface area contributed by atoms with E-state index in [1.54, 1.807) is 18.2 Å². The van der Waals surface area contributed by atoms with Crippen molar-refractivity contribution in [1.82, 2.24) is 0 Å². The van der Waals surface area contributed by atoms with Crippen LogP contribution in [0.25, 0.3) is 0 Å². The van der Waals surface area contributed by atoms with Crippen LogP contribution in [0.2, 0.25) is 0 Å². The van der Waals surface area contributed by atoms with Gasteiger partial charge in [-0.25, -0.2) is 0 Å². The van der Waals surface area contributed by atoms with Crippen LogP contribution in [0.5, 0.6) is 0 Å². The topological polar surface area (TPSA) is 199 Å². The normalized spacial score (nSPS) is 12.4. The van der Waals surface area contributed by atoms with Gasteiger partial charge in [0.05, 0.1) is 17.1 Å². The Morgan fingerprint density at radius 1 is 0.500 bits per heavy atom. The SMILES string of the molecule is O=S(=O)(O)Nc1cccc(P(c2cccc(NS(=O)(=O)O)c2)c2cccc(NS(=O)(=O)O)c2)c1. The monoisotopic (exact) mass is 547 g/mol. The molecule has 16 heteroatoms. The summed E-state index contributed by atoms with van der Waals surface area (Å²) in [5.74, 6) is 0. The summed E-state index contributed by atoms with van der Waals surface area (Å²) in [6, 6.07) is 18.1. The number of rotatable bonds is 9. The van der Waals surface area contributed by atoms with Gasteiger partial charge < -0.3 is 0 Å². The Morgan fingerprint density at radius 2 is 0.765 bits per heavy atom. The molecule has 0 atom stereocenters. The van der Waals surface area contributed by atoms with Gasteiger partial charge in [-0.3, -0.25) is 27.8 Å². The third kappa shape index (κ3) is 7.92. The summed E-state index contributed by atoms with van der Waals surface area (Å²) in [7, 11) is -15.2. The number of hydrogen-bond donors (Lipinski definition) is 6. The predicted octanol–water partition coefficient (Wildman–Crippen LogP) is 1.09. The summed E-state index contributed by atoms with van der Waals surface area (Å²) in [4.78, 5) is 0. The quantitative estimate of drug-likeness (QED) is 0.168. The summed E-state index contributed by atoms with van der Waals surface area (Å²) >= 11 is 0. The van der Waals surface area contributed by atoms with Gasteiger partial charge in [-0.2, -0.15) is 25.3 Å². The molecule has 0 saturated heterocycles. The van der Waals surface area contributed by atoms with Crippen LogP contribution >= 0.6 is 7.92 Å². The van der Waals surface area contributed by atoms with Crippen molar-refractivity contribution >= 4 is 71.8 Å². The highest BCUT2D eigenvalue weighted by Gasteiger charge is 2.20. The van der Waals surface area contributed by atoms with Crippen LogP contribution in [0, 0.1) is 0 Å². The molecular formula is C18H18N3O9PS3. The number of nitrogens with one attached hydrogen (secondary N) is 3. The second-order valence-corrected chi connectivity index (χ2v) is 12.4. The summed E-state index contributed by atoms with van der Waals surface area (Å²) in [6.45, 7) is 0.